The molecule has 0 saturated carbocycles. The van der Waals surface area contributed by atoms with Gasteiger partial charge >= 0.3 is 6.18 Å². The average Bonchev–Trinajstić information content (AvgIpc) is 2.06. The molecule has 1 atom stereocenters. The van der Waals surface area contributed by atoms with Crippen LogP contribution in [0, 0.1) is 0 Å². The van der Waals surface area contributed by atoms with Gasteiger partial charge in [-0.2, -0.15) is 13.2 Å². The summed E-state index contributed by atoms with van der Waals surface area (Å²) in [7, 11) is 0. The highest BCUT2D eigenvalue weighted by molar-refractivity contribution is 9.10. The molecule has 92 valence electrons. The first kappa shape index (κ1) is 15.5. The van der Waals surface area contributed by atoms with Crippen LogP contribution in [0.3, 0.4) is 0 Å². The molecular weight excluding hydrogens is 310 g/mol. The topological polar surface area (TPSA) is 46.2 Å². The van der Waals surface area contributed by atoms with Gasteiger partial charge in [0, 0.05) is 11.6 Å². The van der Waals surface area contributed by atoms with E-state index in [1.54, 1.807) is 0 Å². The summed E-state index contributed by atoms with van der Waals surface area (Å²) in [4.78, 5) is 0. The molecule has 3 N–H and O–H groups in total. The first-order valence-corrected chi connectivity index (χ1v) is 4.90. The van der Waals surface area contributed by atoms with E-state index in [0.29, 0.717) is 4.47 Å². The van der Waals surface area contributed by atoms with Crippen LogP contribution in [-0.2, 0) is 0 Å². The van der Waals surface area contributed by atoms with E-state index in [2.05, 4.69) is 15.9 Å². The van der Waals surface area contributed by atoms with Gasteiger partial charge in [-0.1, -0.05) is 12.1 Å². The van der Waals surface area contributed by atoms with Crippen LogP contribution in [-0.4, -0.2) is 11.3 Å². The van der Waals surface area contributed by atoms with Gasteiger partial charge < -0.3 is 10.8 Å². The highest BCUT2D eigenvalue weighted by Gasteiger charge is 2.31. The Morgan fingerprint density at radius 3 is 2.44 bits per heavy atom. The number of aromatic hydroxyl groups is 1. The van der Waals surface area contributed by atoms with Gasteiger partial charge in [0.05, 0.1) is 10.9 Å². The van der Waals surface area contributed by atoms with Crippen molar-refractivity contribution in [2.24, 2.45) is 5.73 Å². The third-order valence-electron chi connectivity index (χ3n) is 1.87. The van der Waals surface area contributed by atoms with Crippen LogP contribution >= 0.6 is 28.3 Å². The summed E-state index contributed by atoms with van der Waals surface area (Å²) >= 11 is 3.01. The highest BCUT2D eigenvalue weighted by Crippen LogP contribution is 2.35. The molecule has 0 radical (unpaired) electrons. The Labute approximate surface area is 105 Å². The molecule has 0 heterocycles. The van der Waals surface area contributed by atoms with Crippen LogP contribution in [0.5, 0.6) is 5.75 Å². The second kappa shape index (κ2) is 5.75. The third kappa shape index (κ3) is 4.19. The Hall–Kier alpha value is -0.460. The molecule has 0 aromatic heterocycles. The van der Waals surface area contributed by atoms with Crippen LogP contribution in [0.15, 0.2) is 22.7 Å². The maximum atomic E-state index is 12.1. The number of benzene rings is 1. The summed E-state index contributed by atoms with van der Waals surface area (Å²) in [5.74, 6) is -0.241. The van der Waals surface area contributed by atoms with Crippen molar-refractivity contribution in [3.8, 4) is 5.75 Å². The zero-order chi connectivity index (χ0) is 11.6. The van der Waals surface area contributed by atoms with Crippen LogP contribution in [0.25, 0.3) is 0 Å². The fraction of sp³-hybridized carbons (Fsp3) is 0.333. The monoisotopic (exact) mass is 319 g/mol. The van der Waals surface area contributed by atoms with Crippen LogP contribution in [0.2, 0.25) is 0 Å². The molecule has 0 aliphatic carbocycles. The Morgan fingerprint density at radius 1 is 1.38 bits per heavy atom. The molecule has 0 amide bonds. The lowest BCUT2D eigenvalue weighted by molar-refractivity contribution is -0.138. The van der Waals surface area contributed by atoms with Crippen molar-refractivity contribution < 1.29 is 18.3 Å². The molecule has 0 bridgehead atoms. The zero-order valence-electron chi connectivity index (χ0n) is 7.96. The van der Waals surface area contributed by atoms with Gasteiger partial charge in [0.1, 0.15) is 5.75 Å². The number of rotatable bonds is 2. The van der Waals surface area contributed by atoms with E-state index >= 15 is 0 Å². The molecule has 0 aliphatic heterocycles. The molecule has 1 aromatic rings. The Balaban J connectivity index is 0.00000225. The standard InChI is InChI=1S/C9H9BrF3NO.ClH/c10-6-3-1-2-5(8(6)15)7(14)4-9(11,12)13;/h1-3,7,15H,4,14H2;1H/t7-;/m0./s1. The van der Waals surface area contributed by atoms with Gasteiger partial charge in [0.2, 0.25) is 0 Å². The fourth-order valence-corrected chi connectivity index (χ4v) is 1.57. The van der Waals surface area contributed by atoms with Crippen molar-refractivity contribution in [1.82, 2.24) is 0 Å². The number of hydrogen-bond donors (Lipinski definition) is 2. The first-order valence-electron chi connectivity index (χ1n) is 4.11. The molecule has 1 rings (SSSR count). The quantitative estimate of drug-likeness (QED) is 0.875. The summed E-state index contributed by atoms with van der Waals surface area (Å²) < 4.78 is 36.5. The predicted octanol–water partition coefficient (Wildman–Crippen LogP) is 3.53. The van der Waals surface area contributed by atoms with Gasteiger partial charge in [-0.05, 0) is 22.0 Å². The van der Waals surface area contributed by atoms with Crippen LogP contribution in [0.4, 0.5) is 13.2 Å². The summed E-state index contributed by atoms with van der Waals surface area (Å²) in [5.41, 5.74) is 5.43. The molecule has 0 unspecified atom stereocenters. The SMILES string of the molecule is Cl.N[C@@H](CC(F)(F)F)c1cccc(Br)c1O. The average molecular weight is 321 g/mol. The number of phenols is 1. The molecule has 0 fully saturated rings. The molecule has 0 spiro atoms. The lowest BCUT2D eigenvalue weighted by Crippen LogP contribution is -2.20. The zero-order valence-corrected chi connectivity index (χ0v) is 10.4. The number of halogens is 5. The normalized spacial score (nSPS) is 13.1. The van der Waals surface area contributed by atoms with E-state index in [-0.39, 0.29) is 23.7 Å². The van der Waals surface area contributed by atoms with Crippen molar-refractivity contribution in [1.29, 1.82) is 0 Å². The second-order valence-corrected chi connectivity index (χ2v) is 3.96. The molecule has 2 nitrogen and oxygen atoms in total. The first-order chi connectivity index (χ1) is 6.81. The molecule has 16 heavy (non-hydrogen) atoms. The maximum Gasteiger partial charge on any atom is 0.390 e. The van der Waals surface area contributed by atoms with E-state index in [1.165, 1.54) is 18.2 Å². The minimum absolute atomic E-state index is 0. The van der Waals surface area contributed by atoms with Gasteiger partial charge in [-0.25, -0.2) is 0 Å². The summed E-state index contributed by atoms with van der Waals surface area (Å²) in [6, 6.07) is 3.17. The van der Waals surface area contributed by atoms with E-state index in [9.17, 15) is 18.3 Å². The van der Waals surface area contributed by atoms with Crippen molar-refractivity contribution in [3.05, 3.63) is 28.2 Å². The van der Waals surface area contributed by atoms with Gasteiger partial charge in [0.15, 0.2) is 0 Å². The Morgan fingerprint density at radius 2 is 1.94 bits per heavy atom. The maximum absolute atomic E-state index is 12.1. The lowest BCUT2D eigenvalue weighted by atomic mass is 10.0. The molecule has 1 aromatic carbocycles. The molecular formula is C9H10BrClF3NO. The number of phenolic OH excluding ortho intramolecular Hbond substituents is 1. The number of para-hydroxylation sites is 1. The summed E-state index contributed by atoms with van der Waals surface area (Å²) in [6.45, 7) is 0. The van der Waals surface area contributed by atoms with Crippen molar-refractivity contribution in [2.75, 3.05) is 0 Å². The van der Waals surface area contributed by atoms with E-state index < -0.39 is 18.6 Å². The second-order valence-electron chi connectivity index (χ2n) is 3.10. The lowest BCUT2D eigenvalue weighted by Gasteiger charge is -2.16. The minimum Gasteiger partial charge on any atom is -0.506 e. The minimum atomic E-state index is -4.34. The van der Waals surface area contributed by atoms with Crippen LogP contribution < -0.4 is 5.73 Å². The predicted molar refractivity (Wildman–Crippen MR) is 60.7 cm³/mol. The van der Waals surface area contributed by atoms with Gasteiger partial charge in [-0.15, -0.1) is 12.4 Å². The van der Waals surface area contributed by atoms with Crippen molar-refractivity contribution in [3.63, 3.8) is 0 Å². The smallest absolute Gasteiger partial charge is 0.390 e. The summed E-state index contributed by atoms with van der Waals surface area (Å²) in [6.07, 6.45) is -5.49. The number of hydrogen-bond acceptors (Lipinski definition) is 2. The highest BCUT2D eigenvalue weighted by atomic mass is 79.9. The van der Waals surface area contributed by atoms with E-state index in [0.717, 1.165) is 0 Å². The van der Waals surface area contributed by atoms with Crippen molar-refractivity contribution >= 4 is 28.3 Å². The van der Waals surface area contributed by atoms with Crippen LogP contribution in [0.1, 0.15) is 18.0 Å². The van der Waals surface area contributed by atoms with E-state index in [4.69, 9.17) is 5.73 Å². The Kier molecular flexibility index (Phi) is 5.58. The molecule has 7 heteroatoms. The largest absolute Gasteiger partial charge is 0.506 e. The molecule has 0 aliphatic rings. The Bertz CT molecular complexity index is 359. The number of alkyl halides is 3. The number of nitrogens with two attached hydrogens (primary N) is 1. The van der Waals surface area contributed by atoms with Gasteiger partial charge in [0.25, 0.3) is 0 Å². The van der Waals surface area contributed by atoms with Gasteiger partial charge in [-0.3, -0.25) is 0 Å². The third-order valence-corrected chi connectivity index (χ3v) is 2.51. The molecule has 0 saturated heterocycles. The van der Waals surface area contributed by atoms with E-state index in [1.807, 2.05) is 0 Å². The van der Waals surface area contributed by atoms with Crippen molar-refractivity contribution in [2.45, 2.75) is 18.6 Å². The fourth-order valence-electron chi connectivity index (χ4n) is 1.19. The summed E-state index contributed by atoms with van der Waals surface area (Å²) in [5, 5.41) is 9.47.